The van der Waals surface area contributed by atoms with Gasteiger partial charge in [-0.1, -0.05) is 12.1 Å². The zero-order chi connectivity index (χ0) is 34.8. The Kier molecular flexibility index (Phi) is 11.1. The first kappa shape index (κ1) is 36.2. The average Bonchev–Trinajstić information content (AvgIpc) is 3.43. The molecule has 3 aliphatic rings. The quantitative estimate of drug-likeness (QED) is 0.286. The molecule has 0 amide bonds. The number of fused-ring (bicyclic) bond motifs is 1. The second-order valence-electron chi connectivity index (χ2n) is 13.0. The largest absolute Gasteiger partial charge is 0.417 e. The first-order valence-electron chi connectivity index (χ1n) is 16.5. The van der Waals surface area contributed by atoms with Gasteiger partial charge in [-0.25, -0.2) is 8.42 Å². The number of hydrogen-bond acceptors (Lipinski definition) is 10. The third kappa shape index (κ3) is 8.67. The van der Waals surface area contributed by atoms with Crippen LogP contribution in [-0.2, 0) is 46.0 Å². The average molecular weight is 725 g/mol. The molecule has 2 aromatic heterocycles. The fourth-order valence-corrected chi connectivity index (χ4v) is 8.73. The predicted molar refractivity (Wildman–Crippen MR) is 179 cm³/mol. The number of likely N-dealkylation sites (tertiary alicyclic amines) is 1. The van der Waals surface area contributed by atoms with Crippen molar-refractivity contribution in [3.05, 3.63) is 65.1 Å². The summed E-state index contributed by atoms with van der Waals surface area (Å²) in [5, 5.41) is 26.9. The predicted octanol–water partition coefficient (Wildman–Crippen LogP) is 3.05. The van der Waals surface area contributed by atoms with Crippen LogP contribution >= 0.6 is 11.8 Å². The van der Waals surface area contributed by atoms with Gasteiger partial charge in [0.1, 0.15) is 5.60 Å². The zero-order valence-corrected chi connectivity index (χ0v) is 29.1. The highest BCUT2D eigenvalue weighted by Crippen LogP contribution is 2.41. The van der Waals surface area contributed by atoms with Crippen LogP contribution in [0, 0.1) is 0 Å². The number of nitrogens with zero attached hydrogens (tertiary/aromatic N) is 6. The molecule has 5 heterocycles. The van der Waals surface area contributed by atoms with Crippen molar-refractivity contribution in [1.29, 1.82) is 0 Å². The molecule has 0 unspecified atom stereocenters. The first-order chi connectivity index (χ1) is 23.3. The van der Waals surface area contributed by atoms with Crippen LogP contribution in [0.25, 0.3) is 11.3 Å². The third-order valence-corrected chi connectivity index (χ3v) is 11.9. The molecular weight excluding hydrogens is 682 g/mol. The van der Waals surface area contributed by atoms with Crippen LogP contribution in [-0.4, -0.2) is 125 Å². The second kappa shape index (κ2) is 15.0. The van der Waals surface area contributed by atoms with E-state index in [1.165, 1.54) is 16.4 Å². The summed E-state index contributed by atoms with van der Waals surface area (Å²) >= 11 is 1.12. The zero-order valence-electron chi connectivity index (χ0n) is 27.5. The summed E-state index contributed by atoms with van der Waals surface area (Å²) in [7, 11) is -3.53. The van der Waals surface area contributed by atoms with Gasteiger partial charge in [0.15, 0.2) is 0 Å². The molecule has 2 saturated heterocycles. The van der Waals surface area contributed by atoms with Crippen molar-refractivity contribution >= 4 is 21.8 Å². The van der Waals surface area contributed by atoms with E-state index in [9.17, 15) is 31.8 Å². The van der Waals surface area contributed by atoms with E-state index in [0.717, 1.165) is 29.8 Å². The van der Waals surface area contributed by atoms with Gasteiger partial charge < -0.3 is 19.8 Å². The lowest BCUT2D eigenvalue weighted by molar-refractivity contribution is -0.139. The number of aromatic nitrogens is 3. The number of pyridine rings is 1. The number of thioether (sulfide) groups is 1. The van der Waals surface area contributed by atoms with E-state index in [4.69, 9.17) is 9.84 Å². The molecule has 0 radical (unpaired) electrons. The van der Waals surface area contributed by atoms with Crippen LogP contribution in [0.2, 0.25) is 0 Å². The lowest BCUT2D eigenvalue weighted by Gasteiger charge is -2.37. The van der Waals surface area contributed by atoms with Crippen molar-refractivity contribution in [2.24, 2.45) is 0 Å². The smallest absolute Gasteiger partial charge is 0.390 e. The van der Waals surface area contributed by atoms with Crippen molar-refractivity contribution in [3.63, 3.8) is 0 Å². The molecule has 3 aliphatic heterocycles. The summed E-state index contributed by atoms with van der Waals surface area (Å²) in [4.78, 5) is 8.63. The number of sulfonamides is 1. The molecule has 0 spiro atoms. The molecule has 2 N–H and O–H groups in total. The Morgan fingerprint density at radius 3 is 2.47 bits per heavy atom. The Morgan fingerprint density at radius 1 is 1.04 bits per heavy atom. The number of morpholine rings is 1. The molecule has 0 saturated carbocycles. The van der Waals surface area contributed by atoms with Gasteiger partial charge in [0.2, 0.25) is 10.0 Å². The minimum Gasteiger partial charge on any atom is -0.390 e. The normalized spacial score (nSPS) is 20.3. The van der Waals surface area contributed by atoms with E-state index < -0.39 is 33.5 Å². The summed E-state index contributed by atoms with van der Waals surface area (Å²) in [5.74, 6) is 0.399. The third-order valence-electron chi connectivity index (χ3n) is 9.57. The molecule has 11 nitrogen and oxygen atoms in total. The molecule has 16 heteroatoms. The number of piperidine rings is 1. The lowest BCUT2D eigenvalue weighted by Crippen LogP contribution is -2.43. The van der Waals surface area contributed by atoms with Gasteiger partial charge in [0.25, 0.3) is 0 Å². The number of aliphatic hydroxyl groups excluding tert-OH is 1. The van der Waals surface area contributed by atoms with Gasteiger partial charge in [-0.15, -0.1) is 11.8 Å². The number of ether oxygens (including phenoxy) is 1. The van der Waals surface area contributed by atoms with E-state index in [-0.39, 0.29) is 24.5 Å². The second-order valence-corrected chi connectivity index (χ2v) is 16.1. The molecule has 2 fully saturated rings. The molecule has 6 rings (SSSR count). The first-order valence-corrected chi connectivity index (χ1v) is 19.4. The Hall–Kier alpha value is -2.57. The van der Waals surface area contributed by atoms with Gasteiger partial charge in [-0.2, -0.15) is 22.6 Å². The molecule has 0 bridgehead atoms. The van der Waals surface area contributed by atoms with E-state index in [1.54, 1.807) is 16.9 Å². The van der Waals surface area contributed by atoms with E-state index in [0.29, 0.717) is 100 Å². The summed E-state index contributed by atoms with van der Waals surface area (Å²) in [6.45, 7) is 5.23. The topological polar surface area (TPSA) is 124 Å². The fourth-order valence-electron chi connectivity index (χ4n) is 6.82. The van der Waals surface area contributed by atoms with Crippen molar-refractivity contribution in [3.8, 4) is 11.3 Å². The fraction of sp³-hybridized carbons (Fsp3) is 0.576. The standard InChI is InChI=1S/C33H43F3N6O5S2/c1-49(45,46)41-11-7-28-26(23-41)31(38-42(28)22-25(43)21-40-14-17-47-18-15-40)24-5-6-27(33(34,35)36)29(20-24)48-19-16-39-12-8-32(44,9-13-39)30-4-2-3-10-37-30/h2-6,10,20,25,43-44H,7-9,11-19,21-23H2,1H3/t25-/m0/s1. The summed E-state index contributed by atoms with van der Waals surface area (Å²) in [5.41, 5.74) is 1.17. The van der Waals surface area contributed by atoms with Gasteiger partial charge in [-0.05, 0) is 37.1 Å². The number of benzene rings is 1. The van der Waals surface area contributed by atoms with E-state index in [1.807, 2.05) is 12.1 Å². The van der Waals surface area contributed by atoms with Crippen LogP contribution in [0.3, 0.4) is 0 Å². The highest BCUT2D eigenvalue weighted by molar-refractivity contribution is 7.99. The van der Waals surface area contributed by atoms with Gasteiger partial charge in [0.05, 0.1) is 49.1 Å². The minimum absolute atomic E-state index is 0.0480. The number of halogens is 3. The summed E-state index contributed by atoms with van der Waals surface area (Å²) in [6.07, 6.45) is -1.19. The van der Waals surface area contributed by atoms with Gasteiger partial charge in [-0.3, -0.25) is 14.6 Å². The number of aliphatic hydroxyl groups is 2. The van der Waals surface area contributed by atoms with Crippen LogP contribution in [0.5, 0.6) is 0 Å². The Balaban J connectivity index is 1.21. The highest BCUT2D eigenvalue weighted by atomic mass is 32.2. The minimum atomic E-state index is -4.57. The molecule has 49 heavy (non-hydrogen) atoms. The maximum atomic E-state index is 14.2. The van der Waals surface area contributed by atoms with Crippen molar-refractivity contribution in [1.82, 2.24) is 28.9 Å². The Bertz CT molecular complexity index is 1690. The monoisotopic (exact) mass is 724 g/mol. The molecule has 3 aromatic rings. The van der Waals surface area contributed by atoms with Crippen LogP contribution in [0.15, 0.2) is 47.5 Å². The maximum absolute atomic E-state index is 14.2. The molecule has 268 valence electrons. The number of alkyl halides is 3. The summed E-state index contributed by atoms with van der Waals surface area (Å²) < 4.78 is 76.1. The van der Waals surface area contributed by atoms with Crippen LogP contribution in [0.1, 0.15) is 35.4 Å². The SMILES string of the molecule is CS(=O)(=O)N1CCc2c(c(-c3ccc(C(F)(F)F)c(SCCN4CCC(O)(c5ccccn5)CC4)c3)nn2C[C@@H](O)CN2CCOCC2)C1. The van der Waals surface area contributed by atoms with Crippen LogP contribution < -0.4 is 0 Å². The van der Waals surface area contributed by atoms with Gasteiger partial charge in [0, 0.05) is 92.4 Å². The molecular formula is C33H43F3N6O5S2. The summed E-state index contributed by atoms with van der Waals surface area (Å²) in [6, 6.07) is 9.41. The highest BCUT2D eigenvalue weighted by Gasteiger charge is 2.37. The van der Waals surface area contributed by atoms with E-state index in [2.05, 4.69) is 14.8 Å². The van der Waals surface area contributed by atoms with Gasteiger partial charge >= 0.3 is 6.18 Å². The van der Waals surface area contributed by atoms with Crippen molar-refractivity contribution < 1.29 is 36.5 Å². The van der Waals surface area contributed by atoms with Crippen molar-refractivity contribution in [2.75, 3.05) is 71.0 Å². The molecule has 0 aliphatic carbocycles. The lowest BCUT2D eigenvalue weighted by atomic mass is 9.88. The maximum Gasteiger partial charge on any atom is 0.417 e. The molecule has 1 aromatic carbocycles. The van der Waals surface area contributed by atoms with Crippen LogP contribution in [0.4, 0.5) is 13.2 Å². The van der Waals surface area contributed by atoms with E-state index >= 15 is 0 Å². The number of hydrogen-bond donors (Lipinski definition) is 2. The molecule has 1 atom stereocenters. The Labute approximate surface area is 289 Å². The van der Waals surface area contributed by atoms with Crippen molar-refractivity contribution in [2.45, 2.75) is 55.1 Å². The Morgan fingerprint density at radius 2 is 1.80 bits per heavy atom. The number of rotatable bonds is 11. The number of β-amino-alcohol motifs (C(OH)–C–C–N with tert-alkyl or cyclic N) is 1.